The average molecular weight is 211 g/mol. The number of hydrogen-bond donors (Lipinski definition) is 1. The standard InChI is InChI=1S/C12H25N3/c1-3-15(4-2)12(10-13)7-9-14-8-5-6-11(12)14/h11H,3-10,13H2,1-2H3. The Morgan fingerprint density at radius 3 is 2.67 bits per heavy atom. The topological polar surface area (TPSA) is 32.5 Å². The summed E-state index contributed by atoms with van der Waals surface area (Å²) >= 11 is 0. The van der Waals surface area contributed by atoms with Crippen LogP contribution in [0.5, 0.6) is 0 Å². The molecule has 3 heteroatoms. The highest BCUT2D eigenvalue weighted by Crippen LogP contribution is 2.39. The van der Waals surface area contributed by atoms with Crippen molar-refractivity contribution in [2.24, 2.45) is 5.73 Å². The van der Waals surface area contributed by atoms with Gasteiger partial charge in [-0.15, -0.1) is 0 Å². The molecule has 0 radical (unpaired) electrons. The lowest BCUT2D eigenvalue weighted by Crippen LogP contribution is -2.59. The second-order valence-electron chi connectivity index (χ2n) is 4.92. The molecule has 2 atom stereocenters. The maximum atomic E-state index is 6.11. The van der Waals surface area contributed by atoms with E-state index in [1.807, 2.05) is 0 Å². The van der Waals surface area contributed by atoms with Gasteiger partial charge in [-0.3, -0.25) is 9.80 Å². The fourth-order valence-corrected chi connectivity index (χ4v) is 3.80. The molecule has 2 heterocycles. The van der Waals surface area contributed by atoms with E-state index >= 15 is 0 Å². The SMILES string of the molecule is CCN(CC)C1(CN)CCN2CCCC21. The maximum absolute atomic E-state index is 6.11. The smallest absolute Gasteiger partial charge is 0.0498 e. The fourth-order valence-electron chi connectivity index (χ4n) is 3.80. The Morgan fingerprint density at radius 2 is 2.07 bits per heavy atom. The summed E-state index contributed by atoms with van der Waals surface area (Å²) in [6.45, 7) is 10.2. The molecule has 88 valence electrons. The van der Waals surface area contributed by atoms with Gasteiger partial charge < -0.3 is 5.73 Å². The molecule has 0 aromatic heterocycles. The van der Waals surface area contributed by atoms with Crippen LogP contribution in [0.25, 0.3) is 0 Å². The van der Waals surface area contributed by atoms with Crippen LogP contribution in [0.15, 0.2) is 0 Å². The minimum Gasteiger partial charge on any atom is -0.329 e. The molecule has 0 aromatic carbocycles. The van der Waals surface area contributed by atoms with Crippen LogP contribution in [-0.2, 0) is 0 Å². The van der Waals surface area contributed by atoms with E-state index in [4.69, 9.17) is 5.73 Å². The molecule has 0 amide bonds. The van der Waals surface area contributed by atoms with E-state index in [1.54, 1.807) is 0 Å². The van der Waals surface area contributed by atoms with E-state index in [1.165, 1.54) is 32.4 Å². The molecule has 0 aromatic rings. The lowest BCUT2D eigenvalue weighted by atomic mass is 9.86. The van der Waals surface area contributed by atoms with Gasteiger partial charge in [0.2, 0.25) is 0 Å². The minimum absolute atomic E-state index is 0.292. The number of nitrogens with zero attached hydrogens (tertiary/aromatic N) is 2. The zero-order valence-electron chi connectivity index (χ0n) is 10.2. The Kier molecular flexibility index (Phi) is 3.33. The molecule has 0 saturated carbocycles. The predicted molar refractivity (Wildman–Crippen MR) is 63.9 cm³/mol. The highest BCUT2D eigenvalue weighted by Gasteiger charge is 2.50. The molecular formula is C12H25N3. The second kappa shape index (κ2) is 4.40. The van der Waals surface area contributed by atoms with Gasteiger partial charge in [0.05, 0.1) is 0 Å². The largest absolute Gasteiger partial charge is 0.329 e. The molecule has 2 saturated heterocycles. The summed E-state index contributed by atoms with van der Waals surface area (Å²) in [4.78, 5) is 5.26. The third-order valence-corrected chi connectivity index (χ3v) is 4.56. The quantitative estimate of drug-likeness (QED) is 0.750. The maximum Gasteiger partial charge on any atom is 0.0498 e. The van der Waals surface area contributed by atoms with Crippen LogP contribution in [0.1, 0.15) is 33.1 Å². The van der Waals surface area contributed by atoms with Gasteiger partial charge >= 0.3 is 0 Å². The van der Waals surface area contributed by atoms with E-state index in [2.05, 4.69) is 23.6 Å². The van der Waals surface area contributed by atoms with Gasteiger partial charge in [-0.2, -0.15) is 0 Å². The van der Waals surface area contributed by atoms with Crippen LogP contribution in [0.2, 0.25) is 0 Å². The average Bonchev–Trinajstić information content (AvgIpc) is 2.83. The zero-order chi connectivity index (χ0) is 10.9. The number of likely N-dealkylation sites (N-methyl/N-ethyl adjacent to an activating group) is 1. The zero-order valence-corrected chi connectivity index (χ0v) is 10.2. The first kappa shape index (κ1) is 11.4. The number of rotatable bonds is 4. The fraction of sp³-hybridized carbons (Fsp3) is 1.00. The van der Waals surface area contributed by atoms with Gasteiger partial charge in [-0.1, -0.05) is 13.8 Å². The molecule has 2 unspecified atom stereocenters. The Morgan fingerprint density at radius 1 is 1.33 bits per heavy atom. The summed E-state index contributed by atoms with van der Waals surface area (Å²) in [5.74, 6) is 0. The molecule has 2 N–H and O–H groups in total. The van der Waals surface area contributed by atoms with Crippen LogP contribution < -0.4 is 5.73 Å². The van der Waals surface area contributed by atoms with Crippen molar-refractivity contribution in [2.45, 2.75) is 44.7 Å². The van der Waals surface area contributed by atoms with Gasteiger partial charge in [-0.25, -0.2) is 0 Å². The molecule has 2 aliphatic rings. The van der Waals surface area contributed by atoms with E-state index < -0.39 is 0 Å². The number of nitrogens with two attached hydrogens (primary N) is 1. The van der Waals surface area contributed by atoms with Crippen molar-refractivity contribution in [2.75, 3.05) is 32.7 Å². The molecule has 2 aliphatic heterocycles. The summed E-state index contributed by atoms with van der Waals surface area (Å²) in [5.41, 5.74) is 6.40. The highest BCUT2D eigenvalue weighted by molar-refractivity contribution is 5.09. The Balaban J connectivity index is 2.20. The van der Waals surface area contributed by atoms with Crippen LogP contribution >= 0.6 is 0 Å². The van der Waals surface area contributed by atoms with Gasteiger partial charge in [0.15, 0.2) is 0 Å². The molecule has 15 heavy (non-hydrogen) atoms. The monoisotopic (exact) mass is 211 g/mol. The van der Waals surface area contributed by atoms with Crippen molar-refractivity contribution in [1.82, 2.24) is 9.80 Å². The first-order chi connectivity index (χ1) is 7.28. The van der Waals surface area contributed by atoms with Crippen LogP contribution in [0, 0.1) is 0 Å². The number of fused-ring (bicyclic) bond motifs is 1. The number of hydrogen-bond acceptors (Lipinski definition) is 3. The summed E-state index contributed by atoms with van der Waals surface area (Å²) in [7, 11) is 0. The van der Waals surface area contributed by atoms with Crippen LogP contribution in [0.4, 0.5) is 0 Å². The summed E-state index contributed by atoms with van der Waals surface area (Å²) < 4.78 is 0. The first-order valence-corrected chi connectivity index (χ1v) is 6.47. The molecule has 3 nitrogen and oxygen atoms in total. The summed E-state index contributed by atoms with van der Waals surface area (Å²) in [5, 5.41) is 0. The van der Waals surface area contributed by atoms with E-state index in [0.717, 1.165) is 25.7 Å². The summed E-state index contributed by atoms with van der Waals surface area (Å²) in [6.07, 6.45) is 4.00. The van der Waals surface area contributed by atoms with Crippen LogP contribution in [0.3, 0.4) is 0 Å². The van der Waals surface area contributed by atoms with Gasteiger partial charge in [0.25, 0.3) is 0 Å². The minimum atomic E-state index is 0.292. The van der Waals surface area contributed by atoms with Crippen molar-refractivity contribution in [1.29, 1.82) is 0 Å². The van der Waals surface area contributed by atoms with Gasteiger partial charge in [0, 0.05) is 24.7 Å². The second-order valence-corrected chi connectivity index (χ2v) is 4.92. The molecule has 0 aliphatic carbocycles. The third-order valence-electron chi connectivity index (χ3n) is 4.56. The lowest BCUT2D eigenvalue weighted by molar-refractivity contribution is 0.0753. The van der Waals surface area contributed by atoms with Gasteiger partial charge in [0.1, 0.15) is 0 Å². The van der Waals surface area contributed by atoms with Crippen molar-refractivity contribution < 1.29 is 0 Å². The lowest BCUT2D eigenvalue weighted by Gasteiger charge is -2.43. The van der Waals surface area contributed by atoms with Crippen molar-refractivity contribution in [3.05, 3.63) is 0 Å². The van der Waals surface area contributed by atoms with Crippen molar-refractivity contribution in [3.63, 3.8) is 0 Å². The predicted octanol–water partition coefficient (Wildman–Crippen LogP) is 0.894. The van der Waals surface area contributed by atoms with Crippen LogP contribution in [-0.4, -0.2) is 54.1 Å². The van der Waals surface area contributed by atoms with Crippen molar-refractivity contribution in [3.8, 4) is 0 Å². The Bertz CT molecular complexity index is 215. The molecule has 2 rings (SSSR count). The molecular weight excluding hydrogens is 186 g/mol. The molecule has 0 spiro atoms. The Labute approximate surface area is 93.6 Å². The first-order valence-electron chi connectivity index (χ1n) is 6.47. The normalized spacial score (nSPS) is 36.4. The van der Waals surface area contributed by atoms with Crippen molar-refractivity contribution >= 4 is 0 Å². The molecule has 2 fully saturated rings. The summed E-state index contributed by atoms with van der Waals surface area (Å²) in [6, 6.07) is 0.738. The highest BCUT2D eigenvalue weighted by atomic mass is 15.3. The van der Waals surface area contributed by atoms with E-state index in [-0.39, 0.29) is 0 Å². The van der Waals surface area contributed by atoms with Gasteiger partial charge in [-0.05, 0) is 38.9 Å². The van der Waals surface area contributed by atoms with E-state index in [0.29, 0.717) is 5.54 Å². The van der Waals surface area contributed by atoms with E-state index in [9.17, 15) is 0 Å². The third kappa shape index (κ3) is 1.61. The molecule has 0 bridgehead atoms. The Hall–Kier alpha value is -0.120.